The van der Waals surface area contributed by atoms with E-state index in [1.807, 2.05) is 6.08 Å². The highest BCUT2D eigenvalue weighted by atomic mass is 28.4. The van der Waals surface area contributed by atoms with E-state index < -0.39 is 8.32 Å². The van der Waals surface area contributed by atoms with Crippen LogP contribution in [-0.4, -0.2) is 15.4 Å². The van der Waals surface area contributed by atoms with E-state index in [1.165, 1.54) is 5.19 Å². The summed E-state index contributed by atoms with van der Waals surface area (Å²) >= 11 is 0. The van der Waals surface area contributed by atoms with Crippen molar-refractivity contribution >= 4 is 19.6 Å². The van der Waals surface area contributed by atoms with Crippen LogP contribution in [0, 0.1) is 0 Å². The van der Waals surface area contributed by atoms with Crippen LogP contribution in [0.3, 0.4) is 0 Å². The molecule has 0 saturated carbocycles. The van der Waals surface area contributed by atoms with Gasteiger partial charge in [0.25, 0.3) is 0 Å². The smallest absolute Gasteiger partial charge is 0.217 e. The predicted octanol–water partition coefficient (Wildman–Crippen LogP) is 2.39. The molecule has 0 bridgehead atoms. The Balaban J connectivity index is 2.98. The molecule has 0 N–H and O–H groups in total. The average molecular weight is 192 g/mol. The van der Waals surface area contributed by atoms with Gasteiger partial charge < -0.3 is 4.43 Å². The van der Waals surface area contributed by atoms with Crippen LogP contribution in [0.25, 0.3) is 6.08 Å². The van der Waals surface area contributed by atoms with Crippen molar-refractivity contribution in [2.75, 3.05) is 7.11 Å². The fraction of sp³-hybridized carbons (Fsp3) is 0.273. The highest BCUT2D eigenvalue weighted by molar-refractivity contribution is 6.84. The summed E-state index contributed by atoms with van der Waals surface area (Å²) in [6.45, 7) is 8.10. The first-order chi connectivity index (χ1) is 6.10. The topological polar surface area (TPSA) is 9.23 Å². The summed E-state index contributed by atoms with van der Waals surface area (Å²) in [4.78, 5) is 0. The highest BCUT2D eigenvalue weighted by Crippen LogP contribution is 2.06. The maximum Gasteiger partial charge on any atom is 0.217 e. The summed E-state index contributed by atoms with van der Waals surface area (Å²) in [6, 6.07) is 8.42. The zero-order valence-electron chi connectivity index (χ0n) is 8.50. The Kier molecular flexibility index (Phi) is 3.06. The molecule has 2 heteroatoms. The van der Waals surface area contributed by atoms with Crippen molar-refractivity contribution in [3.8, 4) is 0 Å². The third-order valence-corrected chi connectivity index (χ3v) is 5.10. The van der Waals surface area contributed by atoms with Gasteiger partial charge in [-0.15, -0.1) is 0 Å². The lowest BCUT2D eigenvalue weighted by Gasteiger charge is -2.20. The van der Waals surface area contributed by atoms with Gasteiger partial charge in [-0.2, -0.15) is 0 Å². The molecule has 0 spiro atoms. The fourth-order valence-corrected chi connectivity index (χ4v) is 2.34. The molecule has 0 heterocycles. The Morgan fingerprint density at radius 1 is 1.23 bits per heavy atom. The van der Waals surface area contributed by atoms with Gasteiger partial charge in [0.05, 0.1) is 0 Å². The quantitative estimate of drug-likeness (QED) is 0.668. The van der Waals surface area contributed by atoms with Gasteiger partial charge in [0.2, 0.25) is 8.32 Å². The Labute approximate surface area is 81.2 Å². The SMILES string of the molecule is C=Cc1ccc([Si](C)(C)OC)cc1. The van der Waals surface area contributed by atoms with Crippen molar-refractivity contribution in [3.05, 3.63) is 36.4 Å². The Hall–Kier alpha value is -0.863. The van der Waals surface area contributed by atoms with Crippen LogP contribution in [0.2, 0.25) is 13.1 Å². The van der Waals surface area contributed by atoms with Gasteiger partial charge in [-0.25, -0.2) is 0 Å². The van der Waals surface area contributed by atoms with Gasteiger partial charge >= 0.3 is 0 Å². The Morgan fingerprint density at radius 2 is 1.77 bits per heavy atom. The van der Waals surface area contributed by atoms with Gasteiger partial charge in [0.15, 0.2) is 0 Å². The molecule has 0 aromatic heterocycles. The second-order valence-corrected chi connectivity index (χ2v) is 7.55. The zero-order valence-corrected chi connectivity index (χ0v) is 9.50. The summed E-state index contributed by atoms with van der Waals surface area (Å²) in [7, 11) is 0.162. The third kappa shape index (κ3) is 2.29. The Morgan fingerprint density at radius 3 is 2.15 bits per heavy atom. The van der Waals surface area contributed by atoms with Crippen LogP contribution in [-0.2, 0) is 4.43 Å². The Bertz CT molecular complexity index is 287. The number of rotatable bonds is 3. The molecule has 0 aliphatic heterocycles. The van der Waals surface area contributed by atoms with E-state index >= 15 is 0 Å². The molecule has 0 aliphatic rings. The lowest BCUT2D eigenvalue weighted by Crippen LogP contribution is -2.43. The van der Waals surface area contributed by atoms with Crippen LogP contribution in [0.5, 0.6) is 0 Å². The van der Waals surface area contributed by atoms with Crippen molar-refractivity contribution in [2.24, 2.45) is 0 Å². The molecular formula is C11H16OSi. The second kappa shape index (κ2) is 3.90. The molecule has 1 nitrogen and oxygen atoms in total. The molecule has 0 unspecified atom stereocenters. The normalized spacial score (nSPS) is 11.3. The molecule has 0 aliphatic carbocycles. The first-order valence-corrected chi connectivity index (χ1v) is 7.29. The zero-order chi connectivity index (χ0) is 9.90. The van der Waals surface area contributed by atoms with E-state index in [-0.39, 0.29) is 0 Å². The molecule has 70 valence electrons. The number of benzene rings is 1. The largest absolute Gasteiger partial charge is 0.416 e. The van der Waals surface area contributed by atoms with E-state index in [9.17, 15) is 0 Å². The number of hydrogen-bond acceptors (Lipinski definition) is 1. The predicted molar refractivity (Wildman–Crippen MR) is 60.7 cm³/mol. The van der Waals surface area contributed by atoms with E-state index in [2.05, 4.69) is 43.9 Å². The number of hydrogen-bond donors (Lipinski definition) is 0. The monoisotopic (exact) mass is 192 g/mol. The van der Waals surface area contributed by atoms with Crippen molar-refractivity contribution in [3.63, 3.8) is 0 Å². The van der Waals surface area contributed by atoms with E-state index in [0.29, 0.717) is 0 Å². The molecule has 1 aromatic carbocycles. The minimum absolute atomic E-state index is 1.16. The molecular weight excluding hydrogens is 176 g/mol. The van der Waals surface area contributed by atoms with Gasteiger partial charge in [0, 0.05) is 7.11 Å². The molecule has 1 rings (SSSR count). The third-order valence-electron chi connectivity index (χ3n) is 2.35. The van der Waals surface area contributed by atoms with Crippen molar-refractivity contribution in [1.82, 2.24) is 0 Å². The molecule has 0 amide bonds. The van der Waals surface area contributed by atoms with Gasteiger partial charge in [-0.3, -0.25) is 0 Å². The van der Waals surface area contributed by atoms with Crippen molar-refractivity contribution in [1.29, 1.82) is 0 Å². The molecule has 13 heavy (non-hydrogen) atoms. The fourth-order valence-electron chi connectivity index (χ4n) is 1.14. The van der Waals surface area contributed by atoms with Crippen LogP contribution in [0.4, 0.5) is 0 Å². The molecule has 0 saturated heterocycles. The van der Waals surface area contributed by atoms with E-state index in [1.54, 1.807) is 7.11 Å². The standard InChI is InChI=1S/C11H16OSi/c1-5-10-6-8-11(9-7-10)13(3,4)12-2/h5-9H,1H2,2-4H3. The van der Waals surface area contributed by atoms with Crippen LogP contribution in [0.15, 0.2) is 30.8 Å². The minimum Gasteiger partial charge on any atom is -0.416 e. The first kappa shape index (κ1) is 10.2. The summed E-state index contributed by atoms with van der Waals surface area (Å²) in [5, 5.41) is 1.32. The highest BCUT2D eigenvalue weighted by Gasteiger charge is 2.22. The molecule has 1 aromatic rings. The average Bonchev–Trinajstić information content (AvgIpc) is 2.18. The van der Waals surface area contributed by atoms with Crippen LogP contribution in [0.1, 0.15) is 5.56 Å². The summed E-state index contributed by atoms with van der Waals surface area (Å²) in [5.41, 5.74) is 1.16. The van der Waals surface area contributed by atoms with Gasteiger partial charge in [-0.1, -0.05) is 36.9 Å². The van der Waals surface area contributed by atoms with E-state index in [4.69, 9.17) is 4.43 Å². The maximum absolute atomic E-state index is 5.51. The second-order valence-electron chi connectivity index (χ2n) is 3.54. The van der Waals surface area contributed by atoms with Gasteiger partial charge in [-0.05, 0) is 23.8 Å². The lowest BCUT2D eigenvalue weighted by atomic mass is 10.2. The maximum atomic E-state index is 5.51. The van der Waals surface area contributed by atoms with E-state index in [0.717, 1.165) is 5.56 Å². The van der Waals surface area contributed by atoms with Crippen LogP contribution >= 0.6 is 0 Å². The molecule has 0 fully saturated rings. The van der Waals surface area contributed by atoms with Gasteiger partial charge in [0.1, 0.15) is 0 Å². The summed E-state index contributed by atoms with van der Waals surface area (Å²) < 4.78 is 5.51. The van der Waals surface area contributed by atoms with Crippen LogP contribution < -0.4 is 5.19 Å². The summed E-state index contributed by atoms with van der Waals surface area (Å²) in [5.74, 6) is 0. The molecule has 0 radical (unpaired) electrons. The minimum atomic E-state index is -1.62. The summed E-state index contributed by atoms with van der Waals surface area (Å²) in [6.07, 6.45) is 1.85. The van der Waals surface area contributed by atoms with Crippen molar-refractivity contribution in [2.45, 2.75) is 13.1 Å². The lowest BCUT2D eigenvalue weighted by molar-refractivity contribution is 0.416. The first-order valence-electron chi connectivity index (χ1n) is 4.38. The molecule has 0 atom stereocenters. The van der Waals surface area contributed by atoms with Crippen molar-refractivity contribution < 1.29 is 4.43 Å².